The van der Waals surface area contributed by atoms with Crippen molar-refractivity contribution in [1.82, 2.24) is 24.9 Å². The summed E-state index contributed by atoms with van der Waals surface area (Å²) in [7, 11) is 0. The van der Waals surface area contributed by atoms with E-state index in [4.69, 9.17) is 0 Å². The van der Waals surface area contributed by atoms with Gasteiger partial charge in [0.25, 0.3) is 5.91 Å². The third-order valence-corrected chi connectivity index (χ3v) is 3.57. The second kappa shape index (κ2) is 6.44. The normalized spacial score (nSPS) is 10.3. The van der Waals surface area contributed by atoms with Crippen molar-refractivity contribution in [3.8, 4) is 0 Å². The van der Waals surface area contributed by atoms with Gasteiger partial charge in [-0.25, -0.2) is 24.9 Å². The van der Waals surface area contributed by atoms with E-state index < -0.39 is 0 Å². The fourth-order valence-electron chi connectivity index (χ4n) is 1.82. The Balaban J connectivity index is 1.88. The minimum atomic E-state index is -0.383. The van der Waals surface area contributed by atoms with Gasteiger partial charge in [-0.15, -0.1) is 11.3 Å². The first-order valence-electron chi connectivity index (χ1n) is 6.71. The van der Waals surface area contributed by atoms with Crippen molar-refractivity contribution in [3.63, 3.8) is 0 Å². The molecular formula is C14H13N7OS. The van der Waals surface area contributed by atoms with Crippen molar-refractivity contribution in [2.75, 3.05) is 10.6 Å². The average molecular weight is 327 g/mol. The molecule has 0 fully saturated rings. The van der Waals surface area contributed by atoms with Gasteiger partial charge in [0.15, 0.2) is 11.5 Å². The van der Waals surface area contributed by atoms with Gasteiger partial charge < -0.3 is 10.6 Å². The largest absolute Gasteiger partial charge is 0.336 e. The van der Waals surface area contributed by atoms with Gasteiger partial charge >= 0.3 is 0 Å². The highest BCUT2D eigenvalue weighted by atomic mass is 32.1. The molecule has 0 aliphatic carbocycles. The van der Waals surface area contributed by atoms with E-state index in [-0.39, 0.29) is 11.6 Å². The van der Waals surface area contributed by atoms with Gasteiger partial charge in [0, 0.05) is 5.38 Å². The van der Waals surface area contributed by atoms with Crippen LogP contribution in [0.15, 0.2) is 30.3 Å². The highest BCUT2D eigenvalue weighted by Gasteiger charge is 2.17. The van der Waals surface area contributed by atoms with Crippen LogP contribution in [0, 0.1) is 13.8 Å². The van der Waals surface area contributed by atoms with E-state index in [2.05, 4.69) is 35.6 Å². The maximum absolute atomic E-state index is 12.5. The van der Waals surface area contributed by atoms with Crippen LogP contribution in [0.2, 0.25) is 0 Å². The van der Waals surface area contributed by atoms with Gasteiger partial charge in [-0.1, -0.05) is 0 Å². The number of thiazole rings is 1. The first-order valence-corrected chi connectivity index (χ1v) is 7.59. The molecule has 8 nitrogen and oxygen atoms in total. The number of nitrogens with zero attached hydrogens (tertiary/aromatic N) is 5. The van der Waals surface area contributed by atoms with Crippen LogP contribution in [0.3, 0.4) is 0 Å². The number of aryl methyl sites for hydroxylation is 2. The molecule has 3 aromatic rings. The van der Waals surface area contributed by atoms with Crippen molar-refractivity contribution in [3.05, 3.63) is 46.7 Å². The van der Waals surface area contributed by atoms with Crippen molar-refractivity contribution in [2.24, 2.45) is 0 Å². The molecule has 9 heteroatoms. The molecule has 0 radical (unpaired) electrons. The molecule has 1 amide bonds. The van der Waals surface area contributed by atoms with Crippen LogP contribution in [0.5, 0.6) is 0 Å². The molecule has 0 saturated carbocycles. The highest BCUT2D eigenvalue weighted by Crippen LogP contribution is 2.18. The predicted molar refractivity (Wildman–Crippen MR) is 86.9 cm³/mol. The number of nitrogens with one attached hydrogen (secondary N) is 2. The Morgan fingerprint density at radius 1 is 1.13 bits per heavy atom. The zero-order chi connectivity index (χ0) is 16.2. The Bertz CT molecular complexity index is 834. The lowest BCUT2D eigenvalue weighted by atomic mass is 10.3. The van der Waals surface area contributed by atoms with Crippen LogP contribution < -0.4 is 10.6 Å². The first-order chi connectivity index (χ1) is 11.1. The van der Waals surface area contributed by atoms with Crippen molar-refractivity contribution < 1.29 is 4.79 Å². The van der Waals surface area contributed by atoms with Crippen LogP contribution in [-0.2, 0) is 0 Å². The number of anilines is 3. The second-order valence-electron chi connectivity index (χ2n) is 4.67. The number of aromatic nitrogens is 5. The molecule has 0 aliphatic heterocycles. The lowest BCUT2D eigenvalue weighted by molar-refractivity contribution is 0.102. The number of carbonyl (C=O) groups excluding carboxylic acids is 1. The fourth-order valence-corrected chi connectivity index (χ4v) is 2.37. The van der Waals surface area contributed by atoms with Gasteiger partial charge in [-0.05, 0) is 13.8 Å². The van der Waals surface area contributed by atoms with Crippen molar-refractivity contribution >= 4 is 34.6 Å². The molecule has 0 bridgehead atoms. The molecule has 0 saturated heterocycles. The van der Waals surface area contributed by atoms with Gasteiger partial charge in [-0.3, -0.25) is 4.79 Å². The van der Waals surface area contributed by atoms with E-state index >= 15 is 0 Å². The Hall–Kier alpha value is -2.94. The summed E-state index contributed by atoms with van der Waals surface area (Å²) in [6.07, 6.45) is 6.17. The Labute approximate surface area is 136 Å². The third kappa shape index (κ3) is 3.64. The molecule has 116 valence electrons. The van der Waals surface area contributed by atoms with Crippen molar-refractivity contribution in [2.45, 2.75) is 13.8 Å². The van der Waals surface area contributed by atoms with Crippen LogP contribution >= 0.6 is 11.3 Å². The van der Waals surface area contributed by atoms with Gasteiger partial charge in [0.2, 0.25) is 0 Å². The van der Waals surface area contributed by atoms with E-state index in [0.717, 1.165) is 5.01 Å². The lowest BCUT2D eigenvalue weighted by Gasteiger charge is -2.10. The summed E-state index contributed by atoms with van der Waals surface area (Å²) in [6.45, 7) is 3.64. The highest BCUT2D eigenvalue weighted by molar-refractivity contribution is 7.09. The molecule has 2 N–H and O–H groups in total. The second-order valence-corrected chi connectivity index (χ2v) is 5.73. The Morgan fingerprint density at radius 2 is 1.91 bits per heavy atom. The maximum atomic E-state index is 12.5. The Morgan fingerprint density at radius 3 is 2.61 bits per heavy atom. The number of hydrogen-bond donors (Lipinski definition) is 2. The minimum absolute atomic E-state index is 0.180. The summed E-state index contributed by atoms with van der Waals surface area (Å²) in [4.78, 5) is 33.0. The van der Waals surface area contributed by atoms with Crippen LogP contribution in [0.1, 0.15) is 21.2 Å². The molecule has 23 heavy (non-hydrogen) atoms. The summed E-state index contributed by atoms with van der Waals surface area (Å²) < 4.78 is 0. The molecule has 3 heterocycles. The molecular weight excluding hydrogens is 314 g/mol. The predicted octanol–water partition coefficient (Wildman–Crippen LogP) is 2.34. The van der Waals surface area contributed by atoms with E-state index in [9.17, 15) is 4.79 Å². The van der Waals surface area contributed by atoms with Crippen LogP contribution in [0.4, 0.5) is 17.3 Å². The standard InChI is InChI=1S/C14H13N7OS/c1-8-3-17-13(20-10-4-15-7-16-5-10)12(18-8)14(22)21-11-6-23-9(2)19-11/h3-7H,1-2H3,(H,17,20)(H,21,22). The molecule has 3 aromatic heterocycles. The molecule has 0 unspecified atom stereocenters. The molecule has 0 aliphatic rings. The van der Waals surface area contributed by atoms with E-state index in [1.807, 2.05) is 6.92 Å². The summed E-state index contributed by atoms with van der Waals surface area (Å²) in [5, 5.41) is 8.36. The quantitative estimate of drug-likeness (QED) is 0.757. The monoisotopic (exact) mass is 327 g/mol. The van der Waals surface area contributed by atoms with E-state index in [1.54, 1.807) is 30.9 Å². The lowest BCUT2D eigenvalue weighted by Crippen LogP contribution is -2.17. The van der Waals surface area contributed by atoms with E-state index in [0.29, 0.717) is 23.0 Å². The summed E-state index contributed by atoms with van der Waals surface area (Å²) in [6, 6.07) is 0. The summed E-state index contributed by atoms with van der Waals surface area (Å²) >= 11 is 1.46. The number of amides is 1. The third-order valence-electron chi connectivity index (χ3n) is 2.79. The molecule has 0 aromatic carbocycles. The van der Waals surface area contributed by atoms with Gasteiger partial charge in [-0.2, -0.15) is 0 Å². The van der Waals surface area contributed by atoms with Crippen molar-refractivity contribution in [1.29, 1.82) is 0 Å². The van der Waals surface area contributed by atoms with Gasteiger partial charge in [0.1, 0.15) is 12.1 Å². The number of carbonyl (C=O) groups is 1. The smallest absolute Gasteiger partial charge is 0.279 e. The maximum Gasteiger partial charge on any atom is 0.279 e. The van der Waals surface area contributed by atoms with Gasteiger partial charge in [0.05, 0.1) is 35.0 Å². The van der Waals surface area contributed by atoms with Crippen LogP contribution in [-0.4, -0.2) is 30.8 Å². The molecule has 0 atom stereocenters. The SMILES string of the molecule is Cc1cnc(Nc2cncnc2)c(C(=O)Nc2csc(C)n2)n1. The zero-order valence-corrected chi connectivity index (χ0v) is 13.3. The molecule has 0 spiro atoms. The minimum Gasteiger partial charge on any atom is -0.336 e. The first kappa shape index (κ1) is 15.0. The average Bonchev–Trinajstić information content (AvgIpc) is 2.95. The summed E-state index contributed by atoms with van der Waals surface area (Å²) in [5.41, 5.74) is 1.43. The topological polar surface area (TPSA) is 106 Å². The Kier molecular flexibility index (Phi) is 4.20. The fraction of sp³-hybridized carbons (Fsp3) is 0.143. The zero-order valence-electron chi connectivity index (χ0n) is 12.4. The van der Waals surface area contributed by atoms with Crippen LogP contribution in [0.25, 0.3) is 0 Å². The summed E-state index contributed by atoms with van der Waals surface area (Å²) in [5.74, 6) is 0.440. The number of rotatable bonds is 4. The number of hydrogen-bond acceptors (Lipinski definition) is 8. The molecule has 3 rings (SSSR count). The van der Waals surface area contributed by atoms with E-state index in [1.165, 1.54) is 17.7 Å².